The second-order valence-electron chi connectivity index (χ2n) is 9.35. The molecule has 2 aliphatic rings. The minimum absolute atomic E-state index is 0.355. The van der Waals surface area contributed by atoms with Crippen LogP contribution < -0.4 is 0 Å². The number of carbonyl (C=O) groups is 1. The Bertz CT molecular complexity index is 963. The Morgan fingerprint density at radius 1 is 1.06 bits per heavy atom. The number of rotatable bonds is 6. The van der Waals surface area contributed by atoms with E-state index in [-0.39, 0.29) is 0 Å². The first-order valence-electron chi connectivity index (χ1n) is 12.6. The Kier molecular flexibility index (Phi) is 11.7. The molecule has 198 valence electrons. The molecule has 4 rings (SSSR count). The van der Waals surface area contributed by atoms with E-state index in [0.29, 0.717) is 23.7 Å². The van der Waals surface area contributed by atoms with Crippen LogP contribution in [0.4, 0.5) is 4.79 Å². The fourth-order valence-electron chi connectivity index (χ4n) is 4.61. The maximum absolute atomic E-state index is 12.3. The summed E-state index contributed by atoms with van der Waals surface area (Å²) >= 11 is 5.82. The van der Waals surface area contributed by atoms with Crippen molar-refractivity contribution < 1.29 is 18.8 Å². The fourth-order valence-corrected chi connectivity index (χ4v) is 6.10. The van der Waals surface area contributed by atoms with Gasteiger partial charge < -0.3 is 4.90 Å². The molecular weight excluding hydrogens is 498 g/mol. The Morgan fingerprint density at radius 3 is 2.44 bits per heavy atom. The maximum atomic E-state index is 12.3. The van der Waals surface area contributed by atoms with Crippen molar-refractivity contribution in [2.24, 2.45) is 0 Å². The first-order chi connectivity index (χ1) is 17.4. The molecular formula is C27H38ClN3O4S. The molecule has 0 bridgehead atoms. The van der Waals surface area contributed by atoms with Gasteiger partial charge in [-0.3, -0.25) is 9.79 Å². The average molecular weight is 536 g/mol. The molecule has 0 aromatic heterocycles. The number of likely N-dealkylation sites (tertiary alicyclic amines) is 1. The van der Waals surface area contributed by atoms with Crippen LogP contribution in [0.1, 0.15) is 44.6 Å². The summed E-state index contributed by atoms with van der Waals surface area (Å²) in [4.78, 5) is 25.6. The lowest BCUT2D eigenvalue weighted by atomic mass is 10.0. The van der Waals surface area contributed by atoms with E-state index >= 15 is 0 Å². The standard InChI is InChI=1S/C15H22N2O3.C12H16ClNOS/c1-16(11-13-7-4-3-5-8-13)14-9-6-10-17(12-14)15(18)20-19-2;1-10-4-2-3-9-14(10)16(15)12-7-5-11(13)6-8-12/h3-5,7-8,14H,6,9-12H2,1-2H3;5-8,10H,2-4,9H2,1H3/t;10-,16?/m.1/s1. The maximum Gasteiger partial charge on any atom is 0.441 e. The molecule has 0 radical (unpaired) electrons. The number of carbonyl (C=O) groups excluding carboxylic acids is 1. The van der Waals surface area contributed by atoms with Gasteiger partial charge in [-0.1, -0.05) is 48.4 Å². The van der Waals surface area contributed by atoms with E-state index in [1.54, 1.807) is 17.0 Å². The van der Waals surface area contributed by atoms with Crippen molar-refractivity contribution >= 4 is 28.7 Å². The molecule has 0 aliphatic carbocycles. The number of hydrogen-bond donors (Lipinski definition) is 0. The van der Waals surface area contributed by atoms with Crippen molar-refractivity contribution in [3.8, 4) is 0 Å². The molecule has 2 aromatic carbocycles. The van der Waals surface area contributed by atoms with Crippen molar-refractivity contribution in [3.05, 3.63) is 65.2 Å². The SMILES string of the molecule is COOC(=O)N1CCCC(N(C)Cc2ccccc2)C1.C[C@@H]1CCCCN1S(=O)c1ccc(Cl)cc1. The zero-order valence-corrected chi connectivity index (χ0v) is 23.0. The minimum atomic E-state index is -1.03. The molecule has 2 aliphatic heterocycles. The van der Waals surface area contributed by atoms with Crippen LogP contribution in [0.5, 0.6) is 0 Å². The molecule has 9 heteroatoms. The van der Waals surface area contributed by atoms with Crippen LogP contribution in [0.25, 0.3) is 0 Å². The molecule has 2 heterocycles. The summed E-state index contributed by atoms with van der Waals surface area (Å²) in [5, 5.41) is 0.687. The third-order valence-electron chi connectivity index (χ3n) is 6.68. The van der Waals surface area contributed by atoms with Gasteiger partial charge >= 0.3 is 6.09 Å². The van der Waals surface area contributed by atoms with Crippen molar-refractivity contribution in [2.45, 2.75) is 62.6 Å². The van der Waals surface area contributed by atoms with Crippen LogP contribution in [0, 0.1) is 0 Å². The minimum Gasteiger partial charge on any atom is -0.304 e. The van der Waals surface area contributed by atoms with E-state index in [9.17, 15) is 9.00 Å². The van der Waals surface area contributed by atoms with Crippen molar-refractivity contribution in [1.82, 2.24) is 14.1 Å². The molecule has 0 spiro atoms. The third kappa shape index (κ3) is 8.56. The van der Waals surface area contributed by atoms with Gasteiger partial charge in [0.05, 0.1) is 12.0 Å². The predicted molar refractivity (Wildman–Crippen MR) is 144 cm³/mol. The highest BCUT2D eigenvalue weighted by atomic mass is 35.5. The van der Waals surface area contributed by atoms with E-state index in [2.05, 4.69) is 45.1 Å². The Labute approximate surface area is 222 Å². The van der Waals surface area contributed by atoms with Crippen LogP contribution in [-0.2, 0) is 27.3 Å². The number of piperidine rings is 2. The normalized spacial score (nSPS) is 21.4. The Balaban J connectivity index is 0.000000205. The first kappa shape index (κ1) is 28.6. The number of nitrogens with zero attached hydrogens (tertiary/aromatic N) is 3. The van der Waals surface area contributed by atoms with Gasteiger partial charge in [0.25, 0.3) is 0 Å². The van der Waals surface area contributed by atoms with Gasteiger partial charge in [-0.15, -0.1) is 0 Å². The summed E-state index contributed by atoms with van der Waals surface area (Å²) < 4.78 is 14.4. The fraction of sp³-hybridized carbons (Fsp3) is 0.519. The summed E-state index contributed by atoms with van der Waals surface area (Å²) in [5.41, 5.74) is 1.28. The highest BCUT2D eigenvalue weighted by Gasteiger charge is 2.27. The van der Waals surface area contributed by atoms with E-state index in [1.807, 2.05) is 30.3 Å². The zero-order valence-electron chi connectivity index (χ0n) is 21.5. The van der Waals surface area contributed by atoms with Gasteiger partial charge in [-0.05, 0) is 69.5 Å². The topological polar surface area (TPSA) is 62.3 Å². The summed E-state index contributed by atoms with van der Waals surface area (Å²) in [5.74, 6) is 0. The highest BCUT2D eigenvalue weighted by Crippen LogP contribution is 2.23. The molecule has 36 heavy (non-hydrogen) atoms. The Hall–Kier alpha value is -1.97. The van der Waals surface area contributed by atoms with E-state index in [0.717, 1.165) is 50.2 Å². The zero-order chi connectivity index (χ0) is 25.9. The smallest absolute Gasteiger partial charge is 0.304 e. The molecule has 0 saturated carbocycles. The third-order valence-corrected chi connectivity index (χ3v) is 8.57. The largest absolute Gasteiger partial charge is 0.441 e. The van der Waals surface area contributed by atoms with E-state index in [4.69, 9.17) is 11.6 Å². The van der Waals surface area contributed by atoms with Crippen LogP contribution in [0.2, 0.25) is 5.02 Å². The number of benzene rings is 2. The number of hydrogen-bond acceptors (Lipinski definition) is 5. The first-order valence-corrected chi connectivity index (χ1v) is 14.1. The second kappa shape index (κ2) is 14.7. The lowest BCUT2D eigenvalue weighted by molar-refractivity contribution is -0.222. The van der Waals surface area contributed by atoms with E-state index in [1.165, 1.54) is 19.1 Å². The van der Waals surface area contributed by atoms with E-state index < -0.39 is 17.1 Å². The molecule has 2 saturated heterocycles. The molecule has 1 amide bonds. The van der Waals surface area contributed by atoms with Crippen molar-refractivity contribution in [3.63, 3.8) is 0 Å². The van der Waals surface area contributed by atoms with Crippen LogP contribution in [-0.4, -0.2) is 70.3 Å². The lowest BCUT2D eigenvalue weighted by Crippen LogP contribution is -2.48. The summed E-state index contributed by atoms with van der Waals surface area (Å²) in [6, 6.07) is 18.4. The van der Waals surface area contributed by atoms with Crippen molar-refractivity contribution in [1.29, 1.82) is 0 Å². The van der Waals surface area contributed by atoms with Gasteiger partial charge in [0.1, 0.15) is 11.0 Å². The molecule has 2 fully saturated rings. The molecule has 2 aromatic rings. The van der Waals surface area contributed by atoms with Gasteiger partial charge in [-0.25, -0.2) is 13.3 Å². The number of halogens is 1. The number of likely N-dealkylation sites (N-methyl/N-ethyl adjacent to an activating group) is 1. The van der Waals surface area contributed by atoms with Gasteiger partial charge in [-0.2, -0.15) is 4.89 Å². The van der Waals surface area contributed by atoms with Crippen LogP contribution >= 0.6 is 11.6 Å². The van der Waals surface area contributed by atoms with Crippen LogP contribution in [0.15, 0.2) is 59.5 Å². The molecule has 0 N–H and O–H groups in total. The molecule has 3 atom stereocenters. The molecule has 7 nitrogen and oxygen atoms in total. The monoisotopic (exact) mass is 535 g/mol. The highest BCUT2D eigenvalue weighted by molar-refractivity contribution is 7.82. The van der Waals surface area contributed by atoms with Gasteiger partial charge in [0.15, 0.2) is 0 Å². The molecule has 2 unspecified atom stereocenters. The van der Waals surface area contributed by atoms with Crippen LogP contribution in [0.3, 0.4) is 0 Å². The summed E-state index contributed by atoms with van der Waals surface area (Å²) in [6.07, 6.45) is 5.21. The predicted octanol–water partition coefficient (Wildman–Crippen LogP) is 5.52. The van der Waals surface area contributed by atoms with Gasteiger partial charge in [0.2, 0.25) is 0 Å². The lowest BCUT2D eigenvalue weighted by Gasteiger charge is -2.36. The summed E-state index contributed by atoms with van der Waals surface area (Å²) in [6.45, 7) is 5.38. The quantitative estimate of drug-likeness (QED) is 0.360. The Morgan fingerprint density at radius 2 is 1.78 bits per heavy atom. The second-order valence-corrected chi connectivity index (χ2v) is 11.2. The number of amides is 1. The summed E-state index contributed by atoms with van der Waals surface area (Å²) in [7, 11) is 2.41. The van der Waals surface area contributed by atoms with Crippen molar-refractivity contribution in [2.75, 3.05) is 33.8 Å². The van der Waals surface area contributed by atoms with Gasteiger partial charge in [0, 0.05) is 43.3 Å². The average Bonchev–Trinajstić information content (AvgIpc) is 2.90.